The summed E-state index contributed by atoms with van der Waals surface area (Å²) in [4.78, 5) is 15.8. The zero-order chi connectivity index (χ0) is 41.7. The molecule has 0 radical (unpaired) electrons. The Kier molecular flexibility index (Phi) is 8.98. The Morgan fingerprint density at radius 2 is 0.667 bits per heavy atom. The van der Waals surface area contributed by atoms with Crippen molar-refractivity contribution in [3.63, 3.8) is 0 Å². The summed E-state index contributed by atoms with van der Waals surface area (Å²) in [6.07, 6.45) is 0. The zero-order valence-electron chi connectivity index (χ0n) is 34.5. The van der Waals surface area contributed by atoms with Crippen molar-refractivity contribution >= 4 is 28.8 Å². The molecule has 9 aromatic carbocycles. The summed E-state index contributed by atoms with van der Waals surface area (Å²) in [5, 5.41) is 5.49. The normalized spacial score (nSPS) is 14.7. The monoisotopic (exact) mass is 819 g/mol. The predicted molar refractivity (Wildman–Crippen MR) is 260 cm³/mol. The van der Waals surface area contributed by atoms with Crippen LogP contribution in [-0.2, 0) is 0 Å². The second-order valence-electron chi connectivity index (χ2n) is 16.6. The summed E-state index contributed by atoms with van der Waals surface area (Å²) in [7, 11) is -3.03. The summed E-state index contributed by atoms with van der Waals surface area (Å²) < 4.78 is 0. The topological polar surface area (TPSA) is 38.7 Å². The minimum atomic E-state index is -3.03. The third kappa shape index (κ3) is 5.98. The summed E-state index contributed by atoms with van der Waals surface area (Å²) in [6.45, 7) is 0. The van der Waals surface area contributed by atoms with Gasteiger partial charge in [0, 0.05) is 28.5 Å². The Morgan fingerprint density at radius 1 is 0.270 bits per heavy atom. The molecule has 0 N–H and O–H groups in total. The van der Waals surface area contributed by atoms with Crippen LogP contribution in [0.15, 0.2) is 237 Å². The Bertz CT molecular complexity index is 3170. The minimum absolute atomic E-state index is 0.0406. The number of hydrogen-bond donors (Lipinski definition) is 0. The Labute approximate surface area is 369 Å². The van der Waals surface area contributed by atoms with Gasteiger partial charge in [-0.2, -0.15) is 0 Å². The van der Waals surface area contributed by atoms with Crippen LogP contribution in [0.4, 0.5) is 0 Å². The van der Waals surface area contributed by atoms with Gasteiger partial charge in [-0.15, -0.1) is 0 Å². The van der Waals surface area contributed by atoms with E-state index in [1.165, 1.54) is 65.3 Å². The van der Waals surface area contributed by atoms with Crippen LogP contribution in [0.25, 0.3) is 45.3 Å². The highest BCUT2D eigenvalue weighted by Gasteiger charge is 2.50. The molecule has 3 nitrogen and oxygen atoms in total. The summed E-state index contributed by atoms with van der Waals surface area (Å²) in [5.74, 6) is 1.99. The van der Waals surface area contributed by atoms with E-state index >= 15 is 0 Å². The second kappa shape index (κ2) is 15.3. The minimum Gasteiger partial charge on any atom is -0.208 e. The van der Waals surface area contributed by atoms with E-state index in [1.54, 1.807) is 0 Å². The SMILES string of the molecule is c1ccc(-c2ccc([Si](c3ccccc3)(c3ccccc3)c3cccc4c3C3c5ccccc5C4c4cccc(-c5nc(-c6ccccc6)nc(-c6ccccc6)n5)c43)cc2)cc1. The molecule has 2 bridgehead atoms. The molecule has 0 aliphatic heterocycles. The fraction of sp³-hybridized carbons (Fsp3) is 0.0339. The highest BCUT2D eigenvalue weighted by Crippen LogP contribution is 2.57. The number of rotatable bonds is 8. The molecular formula is C59H41N3Si. The Hall–Kier alpha value is -7.79. The van der Waals surface area contributed by atoms with Crippen molar-refractivity contribution in [1.29, 1.82) is 0 Å². The van der Waals surface area contributed by atoms with Gasteiger partial charge in [0.2, 0.25) is 0 Å². The first-order valence-electron chi connectivity index (χ1n) is 21.8. The van der Waals surface area contributed by atoms with Crippen molar-refractivity contribution in [2.24, 2.45) is 0 Å². The van der Waals surface area contributed by atoms with Gasteiger partial charge in [0.15, 0.2) is 25.5 Å². The van der Waals surface area contributed by atoms with E-state index in [0.717, 1.165) is 16.7 Å². The highest BCUT2D eigenvalue weighted by atomic mass is 28.3. The Balaban J connectivity index is 1.15. The summed E-state index contributed by atoms with van der Waals surface area (Å²) in [6, 6.07) is 86.6. The van der Waals surface area contributed by atoms with Crippen LogP contribution in [0, 0.1) is 0 Å². The first-order chi connectivity index (χ1) is 31.3. The molecule has 296 valence electrons. The molecule has 1 heterocycles. The van der Waals surface area contributed by atoms with E-state index in [0.29, 0.717) is 17.5 Å². The van der Waals surface area contributed by atoms with Crippen molar-refractivity contribution in [1.82, 2.24) is 15.0 Å². The third-order valence-electron chi connectivity index (χ3n) is 13.3. The van der Waals surface area contributed by atoms with E-state index in [1.807, 2.05) is 36.4 Å². The number of nitrogens with zero attached hydrogens (tertiary/aromatic N) is 3. The van der Waals surface area contributed by atoms with Gasteiger partial charge in [0.25, 0.3) is 0 Å². The van der Waals surface area contributed by atoms with Gasteiger partial charge in [-0.1, -0.05) is 237 Å². The molecule has 10 aromatic rings. The summed E-state index contributed by atoms with van der Waals surface area (Å²) in [5.41, 5.74) is 13.5. The van der Waals surface area contributed by atoms with Crippen LogP contribution in [0.1, 0.15) is 45.2 Å². The number of aromatic nitrogens is 3. The van der Waals surface area contributed by atoms with Gasteiger partial charge in [0.1, 0.15) is 0 Å². The molecule has 3 aliphatic rings. The van der Waals surface area contributed by atoms with Crippen LogP contribution in [-0.4, -0.2) is 23.0 Å². The van der Waals surface area contributed by atoms with E-state index in [9.17, 15) is 0 Å². The van der Waals surface area contributed by atoms with Crippen LogP contribution in [0.3, 0.4) is 0 Å². The van der Waals surface area contributed by atoms with E-state index in [-0.39, 0.29) is 11.8 Å². The van der Waals surface area contributed by atoms with Gasteiger partial charge in [-0.25, -0.2) is 15.0 Å². The average Bonchev–Trinajstić information content (AvgIpc) is 3.38. The molecule has 1 aromatic heterocycles. The van der Waals surface area contributed by atoms with Gasteiger partial charge in [-0.05, 0) is 65.3 Å². The van der Waals surface area contributed by atoms with Gasteiger partial charge < -0.3 is 0 Å². The number of benzene rings is 9. The Morgan fingerprint density at radius 3 is 1.22 bits per heavy atom. The lowest BCUT2D eigenvalue weighted by molar-refractivity contribution is 0.758. The van der Waals surface area contributed by atoms with Gasteiger partial charge >= 0.3 is 0 Å². The van der Waals surface area contributed by atoms with E-state index < -0.39 is 8.07 Å². The molecule has 63 heavy (non-hydrogen) atoms. The first-order valence-corrected chi connectivity index (χ1v) is 23.8. The number of hydrogen-bond acceptors (Lipinski definition) is 3. The molecule has 0 amide bonds. The average molecular weight is 820 g/mol. The van der Waals surface area contributed by atoms with Gasteiger partial charge in [0.05, 0.1) is 0 Å². The molecular weight excluding hydrogens is 779 g/mol. The van der Waals surface area contributed by atoms with Crippen molar-refractivity contribution < 1.29 is 0 Å². The first kappa shape index (κ1) is 37.0. The van der Waals surface area contributed by atoms with E-state index in [2.05, 4.69) is 200 Å². The molecule has 0 spiro atoms. The molecule has 3 aliphatic carbocycles. The van der Waals surface area contributed by atoms with Crippen molar-refractivity contribution in [3.8, 4) is 45.3 Å². The zero-order valence-corrected chi connectivity index (χ0v) is 35.5. The lowest BCUT2D eigenvalue weighted by Gasteiger charge is -2.46. The van der Waals surface area contributed by atoms with Gasteiger partial charge in [-0.3, -0.25) is 0 Å². The summed E-state index contributed by atoms with van der Waals surface area (Å²) >= 11 is 0. The van der Waals surface area contributed by atoms with Crippen molar-refractivity contribution in [3.05, 3.63) is 270 Å². The maximum atomic E-state index is 5.34. The quantitative estimate of drug-likeness (QED) is 0.113. The maximum absolute atomic E-state index is 5.34. The third-order valence-corrected chi connectivity index (χ3v) is 18.1. The van der Waals surface area contributed by atoms with Crippen LogP contribution in [0.5, 0.6) is 0 Å². The van der Waals surface area contributed by atoms with E-state index in [4.69, 9.17) is 15.0 Å². The van der Waals surface area contributed by atoms with Crippen LogP contribution >= 0.6 is 0 Å². The van der Waals surface area contributed by atoms with Crippen LogP contribution in [0.2, 0.25) is 0 Å². The molecule has 13 rings (SSSR count). The smallest absolute Gasteiger partial charge is 0.179 e. The standard InChI is InChI=1S/C59H41N3Si/c1-6-20-40(21-7-1)41-36-38-46(39-37-41)63(44-26-12-4-13-27-44,45-28-14-5-15-29-45)52-35-19-33-50-53-47-30-16-17-31-48(47)56(55(50)52)54-49(53)32-18-34-51(54)59-61-57(42-22-8-2-9-23-42)60-58(62-59)43-24-10-3-11-25-43/h1-39,53,56H. The fourth-order valence-corrected chi connectivity index (χ4v) is 15.7. The highest BCUT2D eigenvalue weighted by molar-refractivity contribution is 7.20. The fourth-order valence-electron chi connectivity index (χ4n) is 10.6. The largest absolute Gasteiger partial charge is 0.208 e. The molecule has 0 saturated heterocycles. The second-order valence-corrected chi connectivity index (χ2v) is 20.3. The molecule has 0 saturated carbocycles. The van der Waals surface area contributed by atoms with Crippen molar-refractivity contribution in [2.45, 2.75) is 11.8 Å². The molecule has 2 atom stereocenters. The molecule has 0 fully saturated rings. The van der Waals surface area contributed by atoms with Crippen LogP contribution < -0.4 is 20.7 Å². The van der Waals surface area contributed by atoms with Crippen molar-refractivity contribution in [2.75, 3.05) is 0 Å². The predicted octanol–water partition coefficient (Wildman–Crippen LogP) is 10.9. The molecule has 4 heteroatoms. The maximum Gasteiger partial charge on any atom is 0.179 e. The lowest BCUT2D eigenvalue weighted by atomic mass is 9.60. The lowest BCUT2D eigenvalue weighted by Crippen LogP contribution is -2.75. The molecule has 2 unspecified atom stereocenters.